The molecule has 210 valence electrons. The van der Waals surface area contributed by atoms with Crippen LogP contribution in [0.2, 0.25) is 0 Å². The molecule has 0 aromatic rings. The SMILES string of the molecule is CC(=O)OC[C@H](COP(=O)([O-])OCCNC(=O)COCCOCC(=O)ON1C(=O)CCC1=O)OC(C)=O. The third kappa shape index (κ3) is 15.0. The van der Waals surface area contributed by atoms with Crippen LogP contribution in [0.3, 0.4) is 0 Å². The fourth-order valence-electron chi connectivity index (χ4n) is 2.40. The van der Waals surface area contributed by atoms with Crippen molar-refractivity contribution in [3.8, 4) is 0 Å². The molecule has 3 amide bonds. The molecule has 1 aliphatic heterocycles. The molecule has 1 heterocycles. The first-order chi connectivity index (χ1) is 17.4. The second-order valence-corrected chi connectivity index (χ2v) is 8.52. The summed E-state index contributed by atoms with van der Waals surface area (Å²) < 4.78 is 40.3. The Hall–Kier alpha value is -2.95. The van der Waals surface area contributed by atoms with Crippen molar-refractivity contribution in [3.63, 3.8) is 0 Å². The Bertz CT molecular complexity index is 864. The van der Waals surface area contributed by atoms with E-state index in [9.17, 15) is 38.2 Å². The third-order valence-corrected chi connectivity index (χ3v) is 4.89. The van der Waals surface area contributed by atoms with Crippen LogP contribution in [0.5, 0.6) is 0 Å². The average molecular weight is 555 g/mol. The Morgan fingerprint density at radius 1 is 0.946 bits per heavy atom. The van der Waals surface area contributed by atoms with Crippen molar-refractivity contribution >= 4 is 43.5 Å². The van der Waals surface area contributed by atoms with Gasteiger partial charge in [-0.3, -0.25) is 28.5 Å². The summed E-state index contributed by atoms with van der Waals surface area (Å²) in [6, 6.07) is 0. The maximum atomic E-state index is 11.8. The fraction of sp³-hybridized carbons (Fsp3) is 0.684. The number of nitrogens with one attached hydrogen (secondary N) is 1. The Morgan fingerprint density at radius 3 is 2.16 bits per heavy atom. The molecule has 0 bridgehead atoms. The van der Waals surface area contributed by atoms with Crippen molar-refractivity contribution < 1.29 is 71.1 Å². The topological polar surface area (TPSA) is 222 Å². The van der Waals surface area contributed by atoms with Gasteiger partial charge >= 0.3 is 17.9 Å². The van der Waals surface area contributed by atoms with E-state index in [4.69, 9.17) is 14.2 Å². The van der Waals surface area contributed by atoms with Crippen LogP contribution < -0.4 is 10.2 Å². The molecule has 1 unspecified atom stereocenters. The van der Waals surface area contributed by atoms with E-state index in [2.05, 4.69) is 23.9 Å². The summed E-state index contributed by atoms with van der Waals surface area (Å²) in [6.45, 7) is -0.697. The van der Waals surface area contributed by atoms with Gasteiger partial charge in [0.05, 0.1) is 26.4 Å². The standard InChI is InChI=1S/C19H29N2O15P/c1-13(22)32-9-15(35-14(2)23)10-34-37(28,29)33-6-5-20-16(24)11-30-7-8-31-12-19(27)36-21-17(25)3-4-18(21)26/h15H,3-12H2,1-2H3,(H,20,24)(H,28,29)/p-1/t15-/m1/s1. The average Bonchev–Trinajstić information content (AvgIpc) is 3.12. The molecule has 1 fully saturated rings. The zero-order valence-corrected chi connectivity index (χ0v) is 21.1. The van der Waals surface area contributed by atoms with E-state index < -0.39 is 82.6 Å². The summed E-state index contributed by atoms with van der Waals surface area (Å²) in [7, 11) is -4.81. The number of amides is 3. The highest BCUT2D eigenvalue weighted by atomic mass is 31.2. The number of carbonyl (C=O) groups is 6. The number of hydrogen-bond donors (Lipinski definition) is 1. The summed E-state index contributed by atoms with van der Waals surface area (Å²) in [5.41, 5.74) is 0. The predicted molar refractivity (Wildman–Crippen MR) is 114 cm³/mol. The Labute approximate surface area is 211 Å². The number of imide groups is 1. The van der Waals surface area contributed by atoms with E-state index in [0.29, 0.717) is 5.06 Å². The van der Waals surface area contributed by atoms with Crippen molar-refractivity contribution in [2.24, 2.45) is 0 Å². The van der Waals surface area contributed by atoms with Gasteiger partial charge in [-0.15, -0.1) is 5.06 Å². The second kappa shape index (κ2) is 16.7. The molecule has 1 N–H and O–H groups in total. The summed E-state index contributed by atoms with van der Waals surface area (Å²) >= 11 is 0. The summed E-state index contributed by atoms with van der Waals surface area (Å²) in [5.74, 6) is -4.20. The lowest BCUT2D eigenvalue weighted by Crippen LogP contribution is -2.33. The minimum atomic E-state index is -4.81. The highest BCUT2D eigenvalue weighted by Gasteiger charge is 2.32. The van der Waals surface area contributed by atoms with E-state index >= 15 is 0 Å². The first kappa shape index (κ1) is 32.1. The van der Waals surface area contributed by atoms with Crippen molar-refractivity contribution in [3.05, 3.63) is 0 Å². The van der Waals surface area contributed by atoms with Crippen LogP contribution in [-0.4, -0.2) is 99.6 Å². The molecule has 0 radical (unpaired) electrons. The maximum absolute atomic E-state index is 11.8. The fourth-order valence-corrected chi connectivity index (χ4v) is 3.13. The molecule has 1 aliphatic rings. The van der Waals surface area contributed by atoms with Gasteiger partial charge in [0.2, 0.25) is 5.91 Å². The van der Waals surface area contributed by atoms with Crippen LogP contribution >= 0.6 is 7.82 Å². The monoisotopic (exact) mass is 555 g/mol. The summed E-state index contributed by atoms with van der Waals surface area (Å²) in [5, 5.41) is 2.71. The number of rotatable bonds is 18. The lowest BCUT2D eigenvalue weighted by Gasteiger charge is -2.25. The first-order valence-electron chi connectivity index (χ1n) is 10.8. The predicted octanol–water partition coefficient (Wildman–Crippen LogP) is -2.26. The Kier molecular flexibility index (Phi) is 14.5. The number of ether oxygens (including phenoxy) is 4. The van der Waals surface area contributed by atoms with Crippen LogP contribution in [0.4, 0.5) is 0 Å². The number of esters is 2. The van der Waals surface area contributed by atoms with Gasteiger partial charge < -0.3 is 43.0 Å². The molecule has 0 spiro atoms. The quantitative estimate of drug-likeness (QED) is 0.0815. The zero-order chi connectivity index (χ0) is 27.8. The number of phosphoric acid groups is 1. The van der Waals surface area contributed by atoms with Crippen LogP contribution in [0.1, 0.15) is 26.7 Å². The number of phosphoric ester groups is 1. The van der Waals surface area contributed by atoms with E-state index in [-0.39, 0.29) is 32.6 Å². The number of hydroxylamine groups is 2. The van der Waals surface area contributed by atoms with Gasteiger partial charge in [0.15, 0.2) is 6.10 Å². The molecule has 2 atom stereocenters. The van der Waals surface area contributed by atoms with Crippen molar-refractivity contribution in [2.45, 2.75) is 32.8 Å². The molecule has 0 saturated carbocycles. The smallest absolute Gasteiger partial charge is 0.358 e. The summed E-state index contributed by atoms with van der Waals surface area (Å²) in [6.07, 6.45) is -1.23. The number of carbonyl (C=O) groups excluding carboxylic acids is 6. The minimum Gasteiger partial charge on any atom is -0.756 e. The molecular formula is C19H28N2O15P-. The van der Waals surface area contributed by atoms with Gasteiger partial charge in [0, 0.05) is 33.2 Å². The molecule has 0 aliphatic carbocycles. The van der Waals surface area contributed by atoms with Crippen molar-refractivity contribution in [1.29, 1.82) is 0 Å². The molecule has 17 nitrogen and oxygen atoms in total. The minimum absolute atomic E-state index is 0.0317. The van der Waals surface area contributed by atoms with Crippen LogP contribution in [0, 0.1) is 0 Å². The molecule has 37 heavy (non-hydrogen) atoms. The van der Waals surface area contributed by atoms with Gasteiger partial charge in [-0.2, -0.15) is 0 Å². The number of nitrogens with zero attached hydrogens (tertiary/aromatic N) is 1. The van der Waals surface area contributed by atoms with Gasteiger partial charge in [-0.25, -0.2) is 4.79 Å². The zero-order valence-electron chi connectivity index (χ0n) is 20.2. The van der Waals surface area contributed by atoms with Crippen molar-refractivity contribution in [2.75, 3.05) is 52.8 Å². The van der Waals surface area contributed by atoms with Crippen LogP contribution in [0.25, 0.3) is 0 Å². The van der Waals surface area contributed by atoms with E-state index in [1.165, 1.54) is 0 Å². The third-order valence-electron chi connectivity index (χ3n) is 3.92. The van der Waals surface area contributed by atoms with E-state index in [0.717, 1.165) is 13.8 Å². The molecule has 0 aromatic carbocycles. The molecule has 18 heteroatoms. The largest absolute Gasteiger partial charge is 0.756 e. The highest BCUT2D eigenvalue weighted by Crippen LogP contribution is 2.38. The first-order valence-corrected chi connectivity index (χ1v) is 12.2. The van der Waals surface area contributed by atoms with E-state index in [1.54, 1.807) is 0 Å². The van der Waals surface area contributed by atoms with E-state index in [1.807, 2.05) is 0 Å². The van der Waals surface area contributed by atoms with Gasteiger partial charge in [0.1, 0.15) is 19.8 Å². The number of hydrogen-bond acceptors (Lipinski definition) is 15. The Balaban J connectivity index is 2.11. The second-order valence-electron chi connectivity index (χ2n) is 7.11. The highest BCUT2D eigenvalue weighted by molar-refractivity contribution is 7.45. The van der Waals surface area contributed by atoms with Crippen LogP contribution in [-0.2, 0) is 66.2 Å². The van der Waals surface area contributed by atoms with Gasteiger partial charge in [-0.05, 0) is 0 Å². The molecule has 1 rings (SSSR count). The Morgan fingerprint density at radius 2 is 1.57 bits per heavy atom. The summed E-state index contributed by atoms with van der Waals surface area (Å²) in [4.78, 5) is 84.1. The lowest BCUT2D eigenvalue weighted by molar-refractivity contribution is -0.228. The lowest BCUT2D eigenvalue weighted by atomic mass is 10.4. The maximum Gasteiger partial charge on any atom is 0.358 e. The van der Waals surface area contributed by atoms with Crippen molar-refractivity contribution in [1.82, 2.24) is 10.4 Å². The normalized spacial score (nSPS) is 15.6. The van der Waals surface area contributed by atoms with Gasteiger partial charge in [-0.1, -0.05) is 0 Å². The molecular weight excluding hydrogens is 527 g/mol. The molecule has 1 saturated heterocycles. The van der Waals surface area contributed by atoms with Crippen LogP contribution in [0.15, 0.2) is 0 Å². The van der Waals surface area contributed by atoms with Gasteiger partial charge in [0.25, 0.3) is 19.6 Å². The molecule has 0 aromatic heterocycles.